The molecule has 1 N–H and O–H groups in total. The van der Waals surface area contributed by atoms with Gasteiger partial charge in [-0.15, -0.1) is 0 Å². The molecule has 2 fully saturated rings. The molecule has 0 aromatic heterocycles. The van der Waals surface area contributed by atoms with Crippen molar-refractivity contribution in [2.45, 2.75) is 51.0 Å². The van der Waals surface area contributed by atoms with Gasteiger partial charge in [0, 0.05) is 38.8 Å². The Labute approximate surface area is 128 Å². The highest BCUT2D eigenvalue weighted by atomic mass is 16.2. The Kier molecular flexibility index (Phi) is 5.17. The Morgan fingerprint density at radius 1 is 1.05 bits per heavy atom. The maximum Gasteiger partial charge on any atom is 0.317 e. The molecule has 0 radical (unpaired) electrons. The van der Waals surface area contributed by atoms with Gasteiger partial charge in [-0.25, -0.2) is 4.79 Å². The molecule has 0 spiro atoms. The number of carbonyl (C=O) groups excluding carboxylic acids is 1. The predicted octanol–water partition coefficient (Wildman–Crippen LogP) is 2.61. The SMILES string of the molecule is O=C(NCC1CC=CCC1)N1CCN(C2CCCC2)CC1. The van der Waals surface area contributed by atoms with Crippen molar-refractivity contribution in [3.05, 3.63) is 12.2 Å². The molecule has 1 saturated carbocycles. The first-order valence-electron chi connectivity index (χ1n) is 8.75. The van der Waals surface area contributed by atoms with E-state index in [-0.39, 0.29) is 6.03 Å². The van der Waals surface area contributed by atoms with Crippen molar-refractivity contribution < 1.29 is 4.79 Å². The van der Waals surface area contributed by atoms with E-state index in [1.165, 1.54) is 38.5 Å². The summed E-state index contributed by atoms with van der Waals surface area (Å²) in [4.78, 5) is 16.9. The van der Waals surface area contributed by atoms with E-state index in [0.29, 0.717) is 5.92 Å². The molecule has 0 aromatic rings. The van der Waals surface area contributed by atoms with Crippen LogP contribution in [-0.2, 0) is 0 Å². The third kappa shape index (κ3) is 4.00. The summed E-state index contributed by atoms with van der Waals surface area (Å²) in [5, 5.41) is 3.14. The molecule has 1 saturated heterocycles. The van der Waals surface area contributed by atoms with Crippen LogP contribution < -0.4 is 5.32 Å². The minimum absolute atomic E-state index is 0.149. The van der Waals surface area contributed by atoms with Crippen LogP contribution in [-0.4, -0.2) is 54.6 Å². The van der Waals surface area contributed by atoms with Gasteiger partial charge in [-0.05, 0) is 38.0 Å². The van der Waals surface area contributed by atoms with Gasteiger partial charge in [0.1, 0.15) is 0 Å². The van der Waals surface area contributed by atoms with Gasteiger partial charge in [0.15, 0.2) is 0 Å². The summed E-state index contributed by atoms with van der Waals surface area (Å²) in [5.74, 6) is 0.638. The number of hydrogen-bond acceptors (Lipinski definition) is 2. The Balaban J connectivity index is 1.37. The van der Waals surface area contributed by atoms with Crippen LogP contribution in [0.1, 0.15) is 44.9 Å². The zero-order valence-corrected chi connectivity index (χ0v) is 13.1. The zero-order chi connectivity index (χ0) is 14.5. The van der Waals surface area contributed by atoms with E-state index in [1.54, 1.807) is 0 Å². The lowest BCUT2D eigenvalue weighted by Crippen LogP contribution is -2.54. The van der Waals surface area contributed by atoms with E-state index in [2.05, 4.69) is 22.4 Å². The lowest BCUT2D eigenvalue weighted by Gasteiger charge is -2.38. The van der Waals surface area contributed by atoms with Crippen molar-refractivity contribution in [3.8, 4) is 0 Å². The van der Waals surface area contributed by atoms with E-state index >= 15 is 0 Å². The molecule has 3 aliphatic rings. The van der Waals surface area contributed by atoms with E-state index in [0.717, 1.165) is 45.2 Å². The predicted molar refractivity (Wildman–Crippen MR) is 85.3 cm³/mol. The first-order valence-corrected chi connectivity index (χ1v) is 8.75. The number of urea groups is 1. The van der Waals surface area contributed by atoms with Gasteiger partial charge in [-0.2, -0.15) is 0 Å². The van der Waals surface area contributed by atoms with Crippen LogP contribution in [0.4, 0.5) is 4.79 Å². The van der Waals surface area contributed by atoms with E-state index in [4.69, 9.17) is 0 Å². The van der Waals surface area contributed by atoms with Gasteiger partial charge in [-0.3, -0.25) is 4.90 Å². The number of amides is 2. The molecule has 1 heterocycles. The fourth-order valence-corrected chi connectivity index (χ4v) is 3.94. The molecule has 0 aromatic carbocycles. The molecule has 3 rings (SSSR count). The Hall–Kier alpha value is -1.03. The minimum atomic E-state index is 0.149. The van der Waals surface area contributed by atoms with Crippen LogP contribution in [0.5, 0.6) is 0 Å². The maximum atomic E-state index is 12.2. The van der Waals surface area contributed by atoms with E-state index in [9.17, 15) is 4.79 Å². The molecule has 1 aliphatic heterocycles. The first-order chi connectivity index (χ1) is 10.3. The third-order valence-corrected chi connectivity index (χ3v) is 5.36. The van der Waals surface area contributed by atoms with Gasteiger partial charge in [-0.1, -0.05) is 25.0 Å². The highest BCUT2D eigenvalue weighted by Crippen LogP contribution is 2.24. The molecular formula is C17H29N3O. The van der Waals surface area contributed by atoms with Crippen molar-refractivity contribution in [3.63, 3.8) is 0 Å². The minimum Gasteiger partial charge on any atom is -0.338 e. The molecule has 4 heteroatoms. The molecular weight excluding hydrogens is 262 g/mol. The van der Waals surface area contributed by atoms with Crippen LogP contribution in [0.15, 0.2) is 12.2 Å². The third-order valence-electron chi connectivity index (χ3n) is 5.36. The second-order valence-corrected chi connectivity index (χ2v) is 6.80. The highest BCUT2D eigenvalue weighted by molar-refractivity contribution is 5.74. The van der Waals surface area contributed by atoms with Gasteiger partial charge in [0.2, 0.25) is 0 Å². The van der Waals surface area contributed by atoms with Gasteiger partial charge < -0.3 is 10.2 Å². The summed E-state index contributed by atoms with van der Waals surface area (Å²) >= 11 is 0. The maximum absolute atomic E-state index is 12.2. The molecule has 4 nitrogen and oxygen atoms in total. The molecule has 0 bridgehead atoms. The average molecular weight is 291 g/mol. The van der Waals surface area contributed by atoms with Crippen molar-refractivity contribution in [2.24, 2.45) is 5.92 Å². The number of nitrogens with one attached hydrogen (secondary N) is 1. The summed E-state index contributed by atoms with van der Waals surface area (Å²) in [6.07, 6.45) is 13.5. The molecule has 118 valence electrons. The van der Waals surface area contributed by atoms with Crippen molar-refractivity contribution in [2.75, 3.05) is 32.7 Å². The summed E-state index contributed by atoms with van der Waals surface area (Å²) < 4.78 is 0. The first kappa shape index (κ1) is 14.9. The van der Waals surface area contributed by atoms with Crippen LogP contribution in [0.3, 0.4) is 0 Å². The smallest absolute Gasteiger partial charge is 0.317 e. The zero-order valence-electron chi connectivity index (χ0n) is 13.1. The van der Waals surface area contributed by atoms with Gasteiger partial charge in [0.25, 0.3) is 0 Å². The van der Waals surface area contributed by atoms with E-state index in [1.807, 2.05) is 4.90 Å². The summed E-state index contributed by atoms with van der Waals surface area (Å²) in [7, 11) is 0. The summed E-state index contributed by atoms with van der Waals surface area (Å²) in [6, 6.07) is 0.944. The fraction of sp³-hybridized carbons (Fsp3) is 0.824. The molecule has 2 aliphatic carbocycles. The van der Waals surface area contributed by atoms with Gasteiger partial charge >= 0.3 is 6.03 Å². The summed E-state index contributed by atoms with van der Waals surface area (Å²) in [5.41, 5.74) is 0. The van der Waals surface area contributed by atoms with Crippen LogP contribution in [0, 0.1) is 5.92 Å². The average Bonchev–Trinajstić information content (AvgIpc) is 3.08. The second kappa shape index (κ2) is 7.30. The molecule has 21 heavy (non-hydrogen) atoms. The Morgan fingerprint density at radius 2 is 1.81 bits per heavy atom. The largest absolute Gasteiger partial charge is 0.338 e. The van der Waals surface area contributed by atoms with Crippen molar-refractivity contribution in [1.29, 1.82) is 0 Å². The Bertz CT molecular complexity index is 368. The lowest BCUT2D eigenvalue weighted by atomic mass is 9.94. The normalized spacial score (nSPS) is 28.0. The fourth-order valence-electron chi connectivity index (χ4n) is 3.94. The molecule has 2 amide bonds. The number of rotatable bonds is 3. The monoisotopic (exact) mass is 291 g/mol. The van der Waals surface area contributed by atoms with Crippen LogP contribution in [0.25, 0.3) is 0 Å². The number of carbonyl (C=O) groups is 1. The van der Waals surface area contributed by atoms with Crippen molar-refractivity contribution >= 4 is 6.03 Å². The standard InChI is InChI=1S/C17H29N3O/c21-17(18-14-15-6-2-1-3-7-15)20-12-10-19(11-13-20)16-8-4-5-9-16/h1-2,15-16H,3-14H2,(H,18,21). The van der Waals surface area contributed by atoms with Crippen LogP contribution in [0.2, 0.25) is 0 Å². The van der Waals surface area contributed by atoms with Gasteiger partial charge in [0.05, 0.1) is 0 Å². The topological polar surface area (TPSA) is 35.6 Å². The van der Waals surface area contributed by atoms with Crippen LogP contribution >= 0.6 is 0 Å². The Morgan fingerprint density at radius 3 is 2.48 bits per heavy atom. The van der Waals surface area contributed by atoms with Crippen molar-refractivity contribution in [1.82, 2.24) is 15.1 Å². The second-order valence-electron chi connectivity index (χ2n) is 6.80. The number of nitrogens with zero attached hydrogens (tertiary/aromatic N) is 2. The number of hydrogen-bond donors (Lipinski definition) is 1. The lowest BCUT2D eigenvalue weighted by molar-refractivity contribution is 0.109. The molecule has 1 unspecified atom stereocenters. The number of piperazine rings is 1. The molecule has 1 atom stereocenters. The highest BCUT2D eigenvalue weighted by Gasteiger charge is 2.27. The summed E-state index contributed by atoms with van der Waals surface area (Å²) in [6.45, 7) is 4.75. The quantitative estimate of drug-likeness (QED) is 0.811. The van der Waals surface area contributed by atoms with E-state index < -0.39 is 0 Å². The number of allylic oxidation sites excluding steroid dienone is 2.